The normalized spacial score (nSPS) is 42.2. The maximum Gasteiger partial charge on any atom is 0.0643 e. The van der Waals surface area contributed by atoms with E-state index < -0.39 is 0 Å². The van der Waals surface area contributed by atoms with Crippen LogP contribution in [0.4, 0.5) is 0 Å². The summed E-state index contributed by atoms with van der Waals surface area (Å²) in [6, 6.07) is 0.600. The molecule has 2 aliphatic rings. The molecule has 3 unspecified atom stereocenters. The number of rotatable bonds is 3. The Balaban J connectivity index is 1.66. The number of ether oxygens (including phenoxy) is 1. The van der Waals surface area contributed by atoms with Gasteiger partial charge in [-0.1, -0.05) is 6.92 Å². The van der Waals surface area contributed by atoms with Crippen molar-refractivity contribution in [1.29, 1.82) is 0 Å². The fraction of sp³-hybridized carbons (Fsp3) is 1.00. The first-order valence-electron chi connectivity index (χ1n) is 5.44. The van der Waals surface area contributed by atoms with Crippen LogP contribution in [0.2, 0.25) is 0 Å². The van der Waals surface area contributed by atoms with Gasteiger partial charge in [-0.2, -0.15) is 0 Å². The summed E-state index contributed by atoms with van der Waals surface area (Å²) in [5.74, 6) is 1.91. The van der Waals surface area contributed by atoms with Crippen LogP contribution >= 0.6 is 0 Å². The van der Waals surface area contributed by atoms with Crippen molar-refractivity contribution in [1.82, 2.24) is 5.32 Å². The molecule has 3 atom stereocenters. The zero-order valence-corrected chi connectivity index (χ0v) is 8.97. The third kappa shape index (κ3) is 2.44. The molecular formula is C11H21NO. The maximum absolute atomic E-state index is 5.67. The van der Waals surface area contributed by atoms with Crippen molar-refractivity contribution in [3.8, 4) is 0 Å². The van der Waals surface area contributed by atoms with Crippen LogP contribution in [0, 0.1) is 11.8 Å². The van der Waals surface area contributed by atoms with Gasteiger partial charge in [-0.25, -0.2) is 0 Å². The van der Waals surface area contributed by atoms with Gasteiger partial charge in [-0.3, -0.25) is 0 Å². The molecule has 1 N–H and O–H groups in total. The smallest absolute Gasteiger partial charge is 0.0643 e. The molecule has 2 fully saturated rings. The third-order valence-corrected chi connectivity index (χ3v) is 3.36. The highest BCUT2D eigenvalue weighted by Crippen LogP contribution is 2.37. The molecule has 0 aromatic heterocycles. The van der Waals surface area contributed by atoms with Crippen LogP contribution in [0.5, 0.6) is 0 Å². The first-order valence-corrected chi connectivity index (χ1v) is 5.44. The second-order valence-electron chi connectivity index (χ2n) is 5.35. The zero-order valence-electron chi connectivity index (χ0n) is 8.97. The summed E-state index contributed by atoms with van der Waals surface area (Å²) < 4.78 is 5.67. The Labute approximate surface area is 81.0 Å². The minimum absolute atomic E-state index is 0.104. The summed E-state index contributed by atoms with van der Waals surface area (Å²) in [4.78, 5) is 0. The van der Waals surface area contributed by atoms with Crippen LogP contribution < -0.4 is 5.32 Å². The Morgan fingerprint density at radius 1 is 1.46 bits per heavy atom. The summed E-state index contributed by atoms with van der Waals surface area (Å²) in [5.41, 5.74) is 0.104. The van der Waals surface area contributed by atoms with Crippen molar-refractivity contribution in [3.63, 3.8) is 0 Å². The predicted molar refractivity (Wildman–Crippen MR) is 53.7 cm³/mol. The second-order valence-corrected chi connectivity index (χ2v) is 5.35. The van der Waals surface area contributed by atoms with Gasteiger partial charge in [0, 0.05) is 6.04 Å². The Morgan fingerprint density at radius 3 is 2.62 bits per heavy atom. The number of hydrogen-bond acceptors (Lipinski definition) is 2. The molecule has 2 nitrogen and oxygen atoms in total. The van der Waals surface area contributed by atoms with Crippen molar-refractivity contribution < 1.29 is 4.74 Å². The molecule has 0 radical (unpaired) electrons. The molecule has 76 valence electrons. The van der Waals surface area contributed by atoms with Crippen molar-refractivity contribution in [2.24, 2.45) is 11.8 Å². The third-order valence-electron chi connectivity index (χ3n) is 3.36. The van der Waals surface area contributed by atoms with Crippen LogP contribution in [-0.4, -0.2) is 24.8 Å². The van der Waals surface area contributed by atoms with Crippen molar-refractivity contribution >= 4 is 0 Å². The molecule has 1 saturated heterocycles. The van der Waals surface area contributed by atoms with Gasteiger partial charge < -0.3 is 10.1 Å². The minimum Gasteiger partial charge on any atom is -0.374 e. The lowest BCUT2D eigenvalue weighted by Crippen LogP contribution is -2.32. The SMILES string of the molecule is CC1CC1CNC1COC(C)(C)C1. The van der Waals surface area contributed by atoms with Gasteiger partial charge >= 0.3 is 0 Å². The Bertz CT molecular complexity index is 191. The van der Waals surface area contributed by atoms with Crippen LogP contribution in [-0.2, 0) is 4.74 Å². The molecule has 13 heavy (non-hydrogen) atoms. The van der Waals surface area contributed by atoms with E-state index in [2.05, 4.69) is 26.1 Å². The van der Waals surface area contributed by atoms with Crippen LogP contribution in [0.3, 0.4) is 0 Å². The lowest BCUT2D eigenvalue weighted by molar-refractivity contribution is 0.0357. The van der Waals surface area contributed by atoms with Gasteiger partial charge in [0.05, 0.1) is 12.2 Å². The highest BCUT2D eigenvalue weighted by molar-refractivity contribution is 4.89. The molecule has 1 aliphatic carbocycles. The average Bonchev–Trinajstić information content (AvgIpc) is 2.62. The number of nitrogens with one attached hydrogen (secondary N) is 1. The maximum atomic E-state index is 5.67. The summed E-state index contributed by atoms with van der Waals surface area (Å²) in [6.45, 7) is 8.78. The molecule has 2 rings (SSSR count). The second kappa shape index (κ2) is 3.25. The summed E-state index contributed by atoms with van der Waals surface area (Å²) in [5, 5.41) is 3.60. The highest BCUT2D eigenvalue weighted by atomic mass is 16.5. The average molecular weight is 183 g/mol. The van der Waals surface area contributed by atoms with E-state index in [-0.39, 0.29) is 5.60 Å². The van der Waals surface area contributed by atoms with Crippen LogP contribution in [0.15, 0.2) is 0 Å². The molecular weight excluding hydrogens is 162 g/mol. The topological polar surface area (TPSA) is 21.3 Å². The van der Waals surface area contributed by atoms with E-state index in [0.717, 1.165) is 24.9 Å². The van der Waals surface area contributed by atoms with E-state index in [1.54, 1.807) is 0 Å². The standard InChI is InChI=1S/C11H21NO/c1-8-4-9(8)6-12-10-5-11(2,3)13-7-10/h8-10,12H,4-7H2,1-3H3. The van der Waals surface area contributed by atoms with E-state index >= 15 is 0 Å². The van der Waals surface area contributed by atoms with Gasteiger partial charge in [-0.05, 0) is 45.1 Å². The number of hydrogen-bond donors (Lipinski definition) is 1. The molecule has 1 saturated carbocycles. The van der Waals surface area contributed by atoms with Gasteiger partial charge in [0.2, 0.25) is 0 Å². The van der Waals surface area contributed by atoms with E-state index in [0.29, 0.717) is 6.04 Å². The Morgan fingerprint density at radius 2 is 2.15 bits per heavy atom. The zero-order chi connectivity index (χ0) is 9.47. The molecule has 0 aromatic rings. The molecule has 1 aliphatic heterocycles. The fourth-order valence-corrected chi connectivity index (χ4v) is 2.17. The lowest BCUT2D eigenvalue weighted by Gasteiger charge is -2.16. The molecule has 0 aromatic carbocycles. The van der Waals surface area contributed by atoms with Crippen LogP contribution in [0.1, 0.15) is 33.6 Å². The van der Waals surface area contributed by atoms with Gasteiger partial charge in [0.15, 0.2) is 0 Å². The summed E-state index contributed by atoms with van der Waals surface area (Å²) in [7, 11) is 0. The van der Waals surface area contributed by atoms with Gasteiger partial charge in [0.25, 0.3) is 0 Å². The Hall–Kier alpha value is -0.0800. The highest BCUT2D eigenvalue weighted by Gasteiger charge is 2.35. The van der Waals surface area contributed by atoms with E-state index in [4.69, 9.17) is 4.74 Å². The van der Waals surface area contributed by atoms with Crippen molar-refractivity contribution in [3.05, 3.63) is 0 Å². The lowest BCUT2D eigenvalue weighted by atomic mass is 10.0. The molecule has 0 spiro atoms. The Kier molecular flexibility index (Phi) is 2.37. The van der Waals surface area contributed by atoms with Gasteiger partial charge in [-0.15, -0.1) is 0 Å². The van der Waals surface area contributed by atoms with Crippen LogP contribution in [0.25, 0.3) is 0 Å². The van der Waals surface area contributed by atoms with E-state index in [1.165, 1.54) is 13.0 Å². The summed E-state index contributed by atoms with van der Waals surface area (Å²) in [6.07, 6.45) is 2.58. The van der Waals surface area contributed by atoms with Crippen molar-refractivity contribution in [2.45, 2.75) is 45.3 Å². The fourth-order valence-electron chi connectivity index (χ4n) is 2.17. The first-order chi connectivity index (χ1) is 6.07. The monoisotopic (exact) mass is 183 g/mol. The first kappa shape index (κ1) is 9.47. The molecule has 1 heterocycles. The predicted octanol–water partition coefficient (Wildman–Crippen LogP) is 1.80. The van der Waals surface area contributed by atoms with E-state index in [9.17, 15) is 0 Å². The largest absolute Gasteiger partial charge is 0.374 e. The molecule has 2 heteroatoms. The summed E-state index contributed by atoms with van der Waals surface area (Å²) >= 11 is 0. The molecule has 0 bridgehead atoms. The minimum atomic E-state index is 0.104. The quantitative estimate of drug-likeness (QED) is 0.720. The van der Waals surface area contributed by atoms with E-state index in [1.807, 2.05) is 0 Å². The van der Waals surface area contributed by atoms with Gasteiger partial charge in [0.1, 0.15) is 0 Å². The molecule has 0 amide bonds. The van der Waals surface area contributed by atoms with Crippen molar-refractivity contribution in [2.75, 3.05) is 13.2 Å².